The number of nitrogens with zero attached hydrogens (tertiary/aromatic N) is 2. The number of urea groups is 2. The predicted molar refractivity (Wildman–Crippen MR) is 85.9 cm³/mol. The minimum atomic E-state index is -0.115. The van der Waals surface area contributed by atoms with E-state index in [1.54, 1.807) is 15.9 Å². The molecule has 2 rings (SSSR count). The second-order valence-corrected chi connectivity index (χ2v) is 5.53. The molecule has 1 heterocycles. The molecule has 4 amide bonds. The summed E-state index contributed by atoms with van der Waals surface area (Å²) < 4.78 is 0. The van der Waals surface area contributed by atoms with Crippen molar-refractivity contribution in [3.05, 3.63) is 34.9 Å². The Bertz CT molecular complexity index is 530. The second kappa shape index (κ2) is 7.89. The van der Waals surface area contributed by atoms with Crippen LogP contribution >= 0.6 is 11.6 Å². The third kappa shape index (κ3) is 4.53. The molecular weight excluding hydrogens is 304 g/mol. The number of hydrogen-bond acceptors (Lipinski definition) is 2. The smallest absolute Gasteiger partial charge is 0.317 e. The van der Waals surface area contributed by atoms with E-state index in [1.807, 2.05) is 25.1 Å². The second-order valence-electron chi connectivity index (χ2n) is 5.10. The largest absolute Gasteiger partial charge is 0.338 e. The van der Waals surface area contributed by atoms with Crippen LogP contribution in [-0.4, -0.2) is 54.6 Å². The van der Waals surface area contributed by atoms with Crippen molar-refractivity contribution in [2.75, 3.05) is 32.7 Å². The molecule has 22 heavy (non-hydrogen) atoms. The van der Waals surface area contributed by atoms with Crippen LogP contribution in [0.15, 0.2) is 24.3 Å². The molecular formula is C15H21ClN4O2. The molecule has 0 aromatic heterocycles. The number of carbonyl (C=O) groups is 2. The topological polar surface area (TPSA) is 64.7 Å². The predicted octanol–water partition coefficient (Wildman–Crippen LogP) is 1.90. The van der Waals surface area contributed by atoms with Crippen LogP contribution in [0.2, 0.25) is 5.02 Å². The van der Waals surface area contributed by atoms with Crippen LogP contribution in [-0.2, 0) is 6.54 Å². The number of amides is 4. The molecule has 0 aliphatic carbocycles. The van der Waals surface area contributed by atoms with Gasteiger partial charge in [0.2, 0.25) is 0 Å². The van der Waals surface area contributed by atoms with Crippen molar-refractivity contribution < 1.29 is 9.59 Å². The van der Waals surface area contributed by atoms with Gasteiger partial charge in [-0.25, -0.2) is 9.59 Å². The van der Waals surface area contributed by atoms with Crippen LogP contribution in [0, 0.1) is 0 Å². The van der Waals surface area contributed by atoms with Gasteiger partial charge >= 0.3 is 12.1 Å². The monoisotopic (exact) mass is 324 g/mol. The minimum Gasteiger partial charge on any atom is -0.338 e. The van der Waals surface area contributed by atoms with E-state index in [1.165, 1.54) is 0 Å². The molecule has 0 atom stereocenters. The highest BCUT2D eigenvalue weighted by Crippen LogP contribution is 2.10. The summed E-state index contributed by atoms with van der Waals surface area (Å²) in [4.78, 5) is 27.3. The third-order valence-corrected chi connectivity index (χ3v) is 3.75. The fraction of sp³-hybridized carbons (Fsp3) is 0.467. The van der Waals surface area contributed by atoms with E-state index in [2.05, 4.69) is 10.6 Å². The summed E-state index contributed by atoms with van der Waals surface area (Å²) in [5.41, 5.74) is 0.960. The highest BCUT2D eigenvalue weighted by molar-refractivity contribution is 6.30. The molecule has 1 aliphatic heterocycles. The molecule has 1 aromatic carbocycles. The summed E-state index contributed by atoms with van der Waals surface area (Å²) in [6.45, 7) is 5.12. The first-order valence-corrected chi connectivity index (χ1v) is 7.78. The number of carbonyl (C=O) groups excluding carboxylic acids is 2. The first-order chi connectivity index (χ1) is 10.6. The lowest BCUT2D eigenvalue weighted by atomic mass is 10.2. The zero-order valence-electron chi connectivity index (χ0n) is 12.6. The molecule has 6 nitrogen and oxygen atoms in total. The summed E-state index contributed by atoms with van der Waals surface area (Å²) in [7, 11) is 0. The highest BCUT2D eigenvalue weighted by atomic mass is 35.5. The Kier molecular flexibility index (Phi) is 5.89. The maximum absolute atomic E-state index is 12.1. The van der Waals surface area contributed by atoms with E-state index in [-0.39, 0.29) is 12.1 Å². The molecule has 1 aromatic rings. The fourth-order valence-corrected chi connectivity index (χ4v) is 2.52. The normalized spacial score (nSPS) is 14.6. The maximum atomic E-state index is 12.1. The number of hydrogen-bond donors (Lipinski definition) is 2. The quantitative estimate of drug-likeness (QED) is 0.892. The van der Waals surface area contributed by atoms with Crippen molar-refractivity contribution in [2.45, 2.75) is 13.5 Å². The van der Waals surface area contributed by atoms with Gasteiger partial charge in [-0.3, -0.25) is 0 Å². The van der Waals surface area contributed by atoms with Crippen molar-refractivity contribution in [3.8, 4) is 0 Å². The molecule has 1 aliphatic rings. The van der Waals surface area contributed by atoms with Gasteiger partial charge in [-0.15, -0.1) is 0 Å². The van der Waals surface area contributed by atoms with E-state index in [4.69, 9.17) is 11.6 Å². The van der Waals surface area contributed by atoms with Crippen LogP contribution in [0.1, 0.15) is 12.5 Å². The van der Waals surface area contributed by atoms with E-state index < -0.39 is 0 Å². The van der Waals surface area contributed by atoms with E-state index in [9.17, 15) is 9.59 Å². The number of benzene rings is 1. The Balaban J connectivity index is 1.76. The zero-order valence-corrected chi connectivity index (χ0v) is 13.4. The molecule has 0 unspecified atom stereocenters. The average Bonchev–Trinajstić information content (AvgIpc) is 2.53. The summed E-state index contributed by atoms with van der Waals surface area (Å²) in [5, 5.41) is 6.30. The van der Waals surface area contributed by atoms with E-state index >= 15 is 0 Å². The third-order valence-electron chi connectivity index (χ3n) is 3.51. The number of rotatable bonds is 3. The molecule has 1 saturated heterocycles. The Morgan fingerprint density at radius 2 is 1.68 bits per heavy atom. The van der Waals surface area contributed by atoms with Crippen molar-refractivity contribution in [1.29, 1.82) is 0 Å². The van der Waals surface area contributed by atoms with Gasteiger partial charge in [-0.1, -0.05) is 23.7 Å². The molecule has 0 radical (unpaired) electrons. The highest BCUT2D eigenvalue weighted by Gasteiger charge is 2.23. The number of halogens is 1. The van der Waals surface area contributed by atoms with E-state index in [0.717, 1.165) is 5.56 Å². The summed E-state index contributed by atoms with van der Waals surface area (Å²) >= 11 is 5.91. The first-order valence-electron chi connectivity index (χ1n) is 7.40. The summed E-state index contributed by atoms with van der Waals surface area (Å²) in [6, 6.07) is 7.22. The summed E-state index contributed by atoms with van der Waals surface area (Å²) in [5.74, 6) is 0. The summed E-state index contributed by atoms with van der Waals surface area (Å²) in [6.07, 6.45) is 0. The van der Waals surface area contributed by atoms with Gasteiger partial charge in [0.15, 0.2) is 0 Å². The molecule has 0 bridgehead atoms. The van der Waals surface area contributed by atoms with Crippen molar-refractivity contribution in [1.82, 2.24) is 20.4 Å². The SMILES string of the molecule is CCNC(=O)N1CCN(C(=O)NCc2cccc(Cl)c2)CC1. The maximum Gasteiger partial charge on any atom is 0.317 e. The molecule has 7 heteroatoms. The van der Waals surface area contributed by atoms with Gasteiger partial charge in [0.1, 0.15) is 0 Å². The van der Waals surface area contributed by atoms with Crippen molar-refractivity contribution in [3.63, 3.8) is 0 Å². The first kappa shape index (κ1) is 16.4. The Labute approximate surface area is 135 Å². The standard InChI is InChI=1S/C15H21ClN4O2/c1-2-17-14(21)19-6-8-20(9-7-19)15(22)18-11-12-4-3-5-13(16)10-12/h3-5,10H,2,6-9,11H2,1H3,(H,17,21)(H,18,22). The molecule has 0 saturated carbocycles. The average molecular weight is 325 g/mol. The lowest BCUT2D eigenvalue weighted by Gasteiger charge is -2.34. The van der Waals surface area contributed by atoms with Gasteiger partial charge in [0.05, 0.1) is 0 Å². The van der Waals surface area contributed by atoms with Crippen LogP contribution in [0.3, 0.4) is 0 Å². The lowest BCUT2D eigenvalue weighted by Crippen LogP contribution is -2.55. The Morgan fingerprint density at radius 3 is 2.23 bits per heavy atom. The van der Waals surface area contributed by atoms with Crippen LogP contribution < -0.4 is 10.6 Å². The number of nitrogens with one attached hydrogen (secondary N) is 2. The van der Waals surface area contributed by atoms with Gasteiger partial charge in [0.25, 0.3) is 0 Å². The van der Waals surface area contributed by atoms with Crippen molar-refractivity contribution in [2.24, 2.45) is 0 Å². The molecule has 2 N–H and O–H groups in total. The van der Waals surface area contributed by atoms with Crippen molar-refractivity contribution >= 4 is 23.7 Å². The molecule has 0 spiro atoms. The Morgan fingerprint density at radius 1 is 1.09 bits per heavy atom. The zero-order chi connectivity index (χ0) is 15.9. The fourth-order valence-electron chi connectivity index (χ4n) is 2.31. The molecule has 1 fully saturated rings. The van der Waals surface area contributed by atoms with Gasteiger partial charge < -0.3 is 20.4 Å². The minimum absolute atomic E-state index is 0.0681. The van der Waals surface area contributed by atoms with Gasteiger partial charge in [-0.05, 0) is 24.6 Å². The number of piperazine rings is 1. The lowest BCUT2D eigenvalue weighted by molar-refractivity contribution is 0.143. The van der Waals surface area contributed by atoms with Gasteiger partial charge in [-0.2, -0.15) is 0 Å². The van der Waals surface area contributed by atoms with Crippen LogP contribution in [0.4, 0.5) is 9.59 Å². The molecule has 120 valence electrons. The Hall–Kier alpha value is -1.95. The van der Waals surface area contributed by atoms with Crippen LogP contribution in [0.25, 0.3) is 0 Å². The van der Waals surface area contributed by atoms with E-state index in [0.29, 0.717) is 44.3 Å². The van der Waals surface area contributed by atoms with Crippen LogP contribution in [0.5, 0.6) is 0 Å². The van der Waals surface area contributed by atoms with Gasteiger partial charge in [0, 0.05) is 44.3 Å².